The normalized spacial score (nSPS) is 15.2. The second-order valence-corrected chi connectivity index (χ2v) is 5.09. The van der Waals surface area contributed by atoms with Crippen LogP contribution in [0.3, 0.4) is 0 Å². The molecule has 2 aliphatic carbocycles. The molecule has 0 amide bonds. The van der Waals surface area contributed by atoms with E-state index in [1.54, 1.807) is 0 Å². The van der Waals surface area contributed by atoms with Gasteiger partial charge in [-0.15, -0.1) is 0 Å². The van der Waals surface area contributed by atoms with E-state index in [4.69, 9.17) is 0 Å². The van der Waals surface area contributed by atoms with Crippen molar-refractivity contribution in [3.8, 4) is 11.1 Å². The molecule has 2 aliphatic rings. The van der Waals surface area contributed by atoms with Gasteiger partial charge in [-0.05, 0) is 64.8 Å². The summed E-state index contributed by atoms with van der Waals surface area (Å²) in [6, 6.07) is 13.6. The molecule has 0 unspecified atom stereocenters. The van der Waals surface area contributed by atoms with E-state index in [0.717, 1.165) is 12.8 Å². The largest absolute Gasteiger partial charge is 0.0766 e. The van der Waals surface area contributed by atoms with E-state index in [0.29, 0.717) is 0 Å². The minimum Gasteiger partial charge on any atom is -0.0766 e. The fourth-order valence-electron chi connectivity index (χ4n) is 3.14. The lowest BCUT2D eigenvalue weighted by Gasteiger charge is -2.07. The highest BCUT2D eigenvalue weighted by molar-refractivity contribution is 5.82. The molecular weight excluding hydrogens is 204 g/mol. The van der Waals surface area contributed by atoms with Crippen molar-refractivity contribution >= 4 is 5.57 Å². The quantitative estimate of drug-likeness (QED) is 0.530. The Balaban J connectivity index is 1.97. The van der Waals surface area contributed by atoms with Crippen LogP contribution in [0, 0.1) is 0 Å². The highest BCUT2D eigenvalue weighted by atomic mass is 14.3. The fourth-order valence-corrected chi connectivity index (χ4v) is 3.14. The molecule has 0 saturated heterocycles. The van der Waals surface area contributed by atoms with Gasteiger partial charge in [0.15, 0.2) is 0 Å². The van der Waals surface area contributed by atoms with Gasteiger partial charge >= 0.3 is 0 Å². The Bertz CT molecular complexity index is 660. The highest BCUT2D eigenvalue weighted by Crippen LogP contribution is 2.40. The zero-order chi connectivity index (χ0) is 11.4. The molecule has 2 aromatic rings. The molecule has 0 aromatic heterocycles. The molecule has 2 aromatic carbocycles. The third-order valence-corrected chi connectivity index (χ3v) is 4.07. The first-order valence-electron chi connectivity index (χ1n) is 6.24. The second kappa shape index (κ2) is 3.10. The first kappa shape index (κ1) is 9.23. The molecule has 0 bridgehead atoms. The van der Waals surface area contributed by atoms with Gasteiger partial charge in [0.2, 0.25) is 0 Å². The van der Waals surface area contributed by atoms with Gasteiger partial charge < -0.3 is 0 Å². The first-order valence-corrected chi connectivity index (χ1v) is 6.24. The average Bonchev–Trinajstić information content (AvgIpc) is 2.88. The summed E-state index contributed by atoms with van der Waals surface area (Å²) in [7, 11) is 0. The second-order valence-electron chi connectivity index (χ2n) is 5.09. The number of allylic oxidation sites excluding steroid dienone is 2. The van der Waals surface area contributed by atoms with Gasteiger partial charge in [0.1, 0.15) is 0 Å². The molecule has 0 heterocycles. The number of rotatable bonds is 0. The molecular formula is C17H14. The topological polar surface area (TPSA) is 0 Å². The van der Waals surface area contributed by atoms with E-state index < -0.39 is 0 Å². The molecule has 4 rings (SSSR count). The summed E-state index contributed by atoms with van der Waals surface area (Å²) < 4.78 is 0. The molecule has 0 atom stereocenters. The number of hydrogen-bond acceptors (Lipinski definition) is 0. The third-order valence-electron chi connectivity index (χ3n) is 4.07. The predicted octanol–water partition coefficient (Wildman–Crippen LogP) is 4.22. The van der Waals surface area contributed by atoms with Crippen LogP contribution in [0.5, 0.6) is 0 Å². The SMILES string of the molecule is CC1=CCc2cc3c(cc21)Cc1ccccc1-3. The zero-order valence-corrected chi connectivity index (χ0v) is 9.96. The van der Waals surface area contributed by atoms with Gasteiger partial charge in [-0.2, -0.15) is 0 Å². The van der Waals surface area contributed by atoms with Crippen molar-refractivity contribution in [1.29, 1.82) is 0 Å². The molecule has 17 heavy (non-hydrogen) atoms. The minimum atomic E-state index is 1.10. The van der Waals surface area contributed by atoms with Crippen molar-refractivity contribution < 1.29 is 0 Å². The minimum absolute atomic E-state index is 1.10. The van der Waals surface area contributed by atoms with Crippen molar-refractivity contribution in [2.45, 2.75) is 19.8 Å². The van der Waals surface area contributed by atoms with Crippen molar-refractivity contribution in [2.24, 2.45) is 0 Å². The molecule has 0 fully saturated rings. The predicted molar refractivity (Wildman–Crippen MR) is 72.0 cm³/mol. The molecule has 0 nitrogen and oxygen atoms in total. The Morgan fingerprint density at radius 1 is 0.824 bits per heavy atom. The average molecular weight is 218 g/mol. The third kappa shape index (κ3) is 1.18. The smallest absolute Gasteiger partial charge is 0.00132 e. The van der Waals surface area contributed by atoms with Crippen LogP contribution in [-0.2, 0) is 12.8 Å². The Morgan fingerprint density at radius 3 is 2.59 bits per heavy atom. The number of hydrogen-bond donors (Lipinski definition) is 0. The molecule has 0 aliphatic heterocycles. The summed E-state index contributed by atoms with van der Waals surface area (Å²) in [5.74, 6) is 0. The summed E-state index contributed by atoms with van der Waals surface area (Å²) in [5, 5.41) is 0. The lowest BCUT2D eigenvalue weighted by atomic mass is 9.98. The molecule has 0 radical (unpaired) electrons. The van der Waals surface area contributed by atoms with Crippen LogP contribution in [-0.4, -0.2) is 0 Å². The van der Waals surface area contributed by atoms with Gasteiger partial charge in [0.25, 0.3) is 0 Å². The van der Waals surface area contributed by atoms with Gasteiger partial charge in [0.05, 0.1) is 0 Å². The molecule has 0 N–H and O–H groups in total. The monoisotopic (exact) mass is 218 g/mol. The molecule has 82 valence electrons. The van der Waals surface area contributed by atoms with E-state index in [-0.39, 0.29) is 0 Å². The van der Waals surface area contributed by atoms with Crippen molar-refractivity contribution in [3.05, 3.63) is 64.7 Å². The van der Waals surface area contributed by atoms with Crippen molar-refractivity contribution in [1.82, 2.24) is 0 Å². The van der Waals surface area contributed by atoms with E-state index in [1.165, 1.54) is 39.0 Å². The maximum absolute atomic E-state index is 2.41. The Labute approximate surface area is 102 Å². The van der Waals surface area contributed by atoms with E-state index in [9.17, 15) is 0 Å². The summed E-state index contributed by atoms with van der Waals surface area (Å²) in [4.78, 5) is 0. The Hall–Kier alpha value is -1.82. The highest BCUT2D eigenvalue weighted by Gasteiger charge is 2.21. The van der Waals surface area contributed by atoms with E-state index >= 15 is 0 Å². The maximum atomic E-state index is 2.41. The van der Waals surface area contributed by atoms with Crippen molar-refractivity contribution in [3.63, 3.8) is 0 Å². The van der Waals surface area contributed by atoms with Crippen LogP contribution < -0.4 is 0 Å². The standard InChI is InChI=1S/C17H14/c1-11-6-7-13-9-17-14(10-16(11)13)8-12-4-2-3-5-15(12)17/h2-6,9-10H,7-8H2,1H3. The van der Waals surface area contributed by atoms with Gasteiger partial charge in [-0.25, -0.2) is 0 Å². The molecule has 0 spiro atoms. The Morgan fingerprint density at radius 2 is 1.65 bits per heavy atom. The van der Waals surface area contributed by atoms with Crippen LogP contribution in [0.4, 0.5) is 0 Å². The lowest BCUT2D eigenvalue weighted by Crippen LogP contribution is -1.88. The summed E-state index contributed by atoms with van der Waals surface area (Å²) in [6.07, 6.45) is 4.55. The van der Waals surface area contributed by atoms with Crippen LogP contribution in [0.1, 0.15) is 29.2 Å². The van der Waals surface area contributed by atoms with Crippen LogP contribution in [0.15, 0.2) is 42.5 Å². The van der Waals surface area contributed by atoms with Gasteiger partial charge in [-0.1, -0.05) is 36.4 Å². The summed E-state index contributed by atoms with van der Waals surface area (Å²) in [5.41, 5.74) is 10.3. The Kier molecular flexibility index (Phi) is 1.69. The molecule has 0 saturated carbocycles. The van der Waals surface area contributed by atoms with Crippen molar-refractivity contribution in [2.75, 3.05) is 0 Å². The van der Waals surface area contributed by atoms with E-state index in [2.05, 4.69) is 49.4 Å². The first-order chi connectivity index (χ1) is 8.33. The summed E-state index contributed by atoms with van der Waals surface area (Å²) in [6.45, 7) is 2.22. The van der Waals surface area contributed by atoms with E-state index in [1.807, 2.05) is 0 Å². The number of benzene rings is 2. The summed E-state index contributed by atoms with van der Waals surface area (Å²) >= 11 is 0. The number of fused-ring (bicyclic) bond motifs is 4. The van der Waals surface area contributed by atoms with Gasteiger partial charge in [0, 0.05) is 0 Å². The van der Waals surface area contributed by atoms with Crippen LogP contribution in [0.25, 0.3) is 16.7 Å². The van der Waals surface area contributed by atoms with Crippen LogP contribution >= 0.6 is 0 Å². The zero-order valence-electron chi connectivity index (χ0n) is 9.96. The van der Waals surface area contributed by atoms with Gasteiger partial charge in [-0.3, -0.25) is 0 Å². The maximum Gasteiger partial charge on any atom is -0.00132 e. The molecule has 0 heteroatoms. The lowest BCUT2D eigenvalue weighted by molar-refractivity contribution is 1.24. The van der Waals surface area contributed by atoms with Crippen LogP contribution in [0.2, 0.25) is 0 Å². The fraction of sp³-hybridized carbons (Fsp3) is 0.176.